The first-order chi connectivity index (χ1) is 14.6. The van der Waals surface area contributed by atoms with E-state index in [0.717, 1.165) is 47.8 Å². The highest BCUT2D eigenvalue weighted by atomic mass is 16.3. The maximum absolute atomic E-state index is 12.8. The van der Waals surface area contributed by atoms with E-state index in [-0.39, 0.29) is 11.8 Å². The lowest BCUT2D eigenvalue weighted by Crippen LogP contribution is -2.28. The van der Waals surface area contributed by atoms with Crippen molar-refractivity contribution in [1.82, 2.24) is 10.2 Å². The van der Waals surface area contributed by atoms with Gasteiger partial charge in [-0.05, 0) is 73.1 Å². The quantitative estimate of drug-likeness (QED) is 0.678. The van der Waals surface area contributed by atoms with Crippen LogP contribution in [0.1, 0.15) is 51.9 Å². The summed E-state index contributed by atoms with van der Waals surface area (Å²) in [4.78, 5) is 26.7. The third-order valence-corrected chi connectivity index (χ3v) is 6.18. The van der Waals surface area contributed by atoms with Gasteiger partial charge in [0.25, 0.3) is 5.91 Å². The van der Waals surface area contributed by atoms with Gasteiger partial charge in [0.15, 0.2) is 0 Å². The number of rotatable bonds is 6. The molecule has 1 aromatic heterocycles. The van der Waals surface area contributed by atoms with Crippen molar-refractivity contribution in [2.75, 3.05) is 7.05 Å². The molecule has 0 bridgehead atoms. The van der Waals surface area contributed by atoms with Crippen LogP contribution in [0.15, 0.2) is 47.1 Å². The Morgan fingerprint density at radius 3 is 2.57 bits per heavy atom. The van der Waals surface area contributed by atoms with E-state index < -0.39 is 0 Å². The first-order valence-corrected chi connectivity index (χ1v) is 10.7. The molecule has 1 N–H and O–H groups in total. The van der Waals surface area contributed by atoms with Crippen LogP contribution >= 0.6 is 0 Å². The molecule has 5 nitrogen and oxygen atoms in total. The van der Waals surface area contributed by atoms with Crippen LogP contribution in [0.25, 0.3) is 11.0 Å². The molecule has 0 aliphatic heterocycles. The van der Waals surface area contributed by atoms with Gasteiger partial charge in [0, 0.05) is 36.1 Å². The van der Waals surface area contributed by atoms with Crippen LogP contribution in [-0.2, 0) is 30.6 Å². The SMILES string of the molecule is CN(Cc1ccc(C(=O)NC2CC2)cc1)C(=O)Cc1coc2cc3c(cc12)CCC3. The Morgan fingerprint density at radius 2 is 1.83 bits per heavy atom. The minimum Gasteiger partial charge on any atom is -0.464 e. The molecule has 1 fully saturated rings. The lowest BCUT2D eigenvalue weighted by molar-refractivity contribution is -0.129. The number of nitrogens with one attached hydrogen (secondary N) is 1. The number of hydrogen-bond acceptors (Lipinski definition) is 3. The van der Waals surface area contributed by atoms with Crippen LogP contribution < -0.4 is 5.32 Å². The summed E-state index contributed by atoms with van der Waals surface area (Å²) in [5.74, 6) is 0.0283. The Labute approximate surface area is 176 Å². The predicted octanol–water partition coefficient (Wildman–Crippen LogP) is 4.01. The maximum atomic E-state index is 12.8. The van der Waals surface area contributed by atoms with Crippen molar-refractivity contribution in [2.24, 2.45) is 0 Å². The molecule has 0 unspecified atom stereocenters. The first kappa shape index (κ1) is 18.9. The molecule has 1 saturated carbocycles. The molecule has 5 heteroatoms. The smallest absolute Gasteiger partial charge is 0.251 e. The summed E-state index contributed by atoms with van der Waals surface area (Å²) in [5.41, 5.74) is 6.25. The van der Waals surface area contributed by atoms with Crippen LogP contribution in [0.3, 0.4) is 0 Å². The van der Waals surface area contributed by atoms with Crippen molar-refractivity contribution >= 4 is 22.8 Å². The van der Waals surface area contributed by atoms with Gasteiger partial charge in [-0.1, -0.05) is 12.1 Å². The van der Waals surface area contributed by atoms with Gasteiger partial charge in [-0.2, -0.15) is 0 Å². The van der Waals surface area contributed by atoms with Crippen molar-refractivity contribution in [3.8, 4) is 0 Å². The van der Waals surface area contributed by atoms with Crippen molar-refractivity contribution in [3.63, 3.8) is 0 Å². The third kappa shape index (κ3) is 3.84. The van der Waals surface area contributed by atoms with E-state index in [1.54, 1.807) is 11.2 Å². The topological polar surface area (TPSA) is 62.6 Å². The van der Waals surface area contributed by atoms with E-state index in [9.17, 15) is 9.59 Å². The Morgan fingerprint density at radius 1 is 1.10 bits per heavy atom. The summed E-state index contributed by atoms with van der Waals surface area (Å²) in [7, 11) is 1.82. The molecule has 0 saturated heterocycles. The van der Waals surface area contributed by atoms with Crippen molar-refractivity contribution in [2.45, 2.75) is 51.1 Å². The highest BCUT2D eigenvalue weighted by Crippen LogP contribution is 2.30. The minimum atomic E-state index is -0.0215. The zero-order chi connectivity index (χ0) is 20.7. The highest BCUT2D eigenvalue weighted by Gasteiger charge is 2.23. The number of carbonyl (C=O) groups excluding carboxylic acids is 2. The summed E-state index contributed by atoms with van der Waals surface area (Å²) >= 11 is 0. The van der Waals surface area contributed by atoms with Gasteiger partial charge in [-0.3, -0.25) is 9.59 Å². The number of nitrogens with zero attached hydrogens (tertiary/aromatic N) is 1. The predicted molar refractivity (Wildman–Crippen MR) is 115 cm³/mol. The van der Waals surface area contributed by atoms with E-state index in [0.29, 0.717) is 24.6 Å². The fourth-order valence-corrected chi connectivity index (χ4v) is 4.20. The maximum Gasteiger partial charge on any atom is 0.251 e. The molecule has 0 spiro atoms. The number of hydrogen-bond donors (Lipinski definition) is 1. The van der Waals surface area contributed by atoms with Crippen molar-refractivity contribution in [1.29, 1.82) is 0 Å². The van der Waals surface area contributed by atoms with Crippen LogP contribution in [0.5, 0.6) is 0 Å². The Balaban J connectivity index is 1.23. The number of amides is 2. The minimum absolute atomic E-state index is 0.0215. The fourth-order valence-electron chi connectivity index (χ4n) is 4.20. The van der Waals surface area contributed by atoms with Crippen LogP contribution in [0, 0.1) is 0 Å². The standard InChI is InChI=1S/C25H26N2O3/c1-27(14-16-5-7-17(8-6-16)25(29)26-21-9-10-21)24(28)13-20-15-30-23-12-19-4-2-3-18(19)11-22(20)23/h5-8,11-12,15,21H,2-4,9-10,13-14H2,1H3,(H,26,29). The first-order valence-electron chi connectivity index (χ1n) is 10.7. The summed E-state index contributed by atoms with van der Waals surface area (Å²) in [5, 5.41) is 4.05. The second-order valence-corrected chi connectivity index (χ2v) is 8.60. The van der Waals surface area contributed by atoms with E-state index in [2.05, 4.69) is 17.4 Å². The largest absolute Gasteiger partial charge is 0.464 e. The number of likely N-dealkylation sites (N-methyl/N-ethyl adjacent to an activating group) is 1. The second-order valence-electron chi connectivity index (χ2n) is 8.60. The zero-order valence-corrected chi connectivity index (χ0v) is 17.2. The molecule has 2 aliphatic rings. The molecule has 2 amide bonds. The Kier molecular flexibility index (Phi) is 4.81. The number of furan rings is 1. The summed E-state index contributed by atoms with van der Waals surface area (Å²) in [6.45, 7) is 0.508. The fraction of sp³-hybridized carbons (Fsp3) is 0.360. The number of fused-ring (bicyclic) bond motifs is 2. The third-order valence-electron chi connectivity index (χ3n) is 6.18. The van der Waals surface area contributed by atoms with E-state index >= 15 is 0 Å². The van der Waals surface area contributed by atoms with E-state index in [1.165, 1.54) is 17.5 Å². The van der Waals surface area contributed by atoms with Crippen LogP contribution in [0.2, 0.25) is 0 Å². The monoisotopic (exact) mass is 402 g/mol. The highest BCUT2D eigenvalue weighted by molar-refractivity contribution is 5.94. The van der Waals surface area contributed by atoms with Gasteiger partial charge in [-0.25, -0.2) is 0 Å². The van der Waals surface area contributed by atoms with Gasteiger partial charge >= 0.3 is 0 Å². The molecule has 0 atom stereocenters. The average molecular weight is 402 g/mol. The van der Waals surface area contributed by atoms with Crippen LogP contribution in [0.4, 0.5) is 0 Å². The lowest BCUT2D eigenvalue weighted by Gasteiger charge is -2.17. The molecule has 30 heavy (non-hydrogen) atoms. The summed E-state index contributed by atoms with van der Waals surface area (Å²) < 4.78 is 5.73. The van der Waals surface area contributed by atoms with Gasteiger partial charge in [0.2, 0.25) is 5.91 Å². The van der Waals surface area contributed by atoms with E-state index in [4.69, 9.17) is 4.42 Å². The van der Waals surface area contributed by atoms with Gasteiger partial charge in [-0.15, -0.1) is 0 Å². The molecule has 3 aromatic rings. The van der Waals surface area contributed by atoms with Crippen molar-refractivity contribution < 1.29 is 14.0 Å². The molecule has 5 rings (SSSR count). The molecule has 154 valence electrons. The molecular formula is C25H26N2O3. The Bertz CT molecular complexity index is 1110. The lowest BCUT2D eigenvalue weighted by atomic mass is 10.0. The normalized spacial score (nSPS) is 15.2. The second kappa shape index (κ2) is 7.63. The molecule has 2 aliphatic carbocycles. The number of aryl methyl sites for hydroxylation is 2. The zero-order valence-electron chi connectivity index (χ0n) is 17.2. The van der Waals surface area contributed by atoms with E-state index in [1.807, 2.05) is 31.3 Å². The average Bonchev–Trinajstić information content (AvgIpc) is 3.30. The number of benzene rings is 2. The van der Waals surface area contributed by atoms with Crippen LogP contribution in [-0.4, -0.2) is 29.8 Å². The molecular weight excluding hydrogens is 376 g/mol. The molecule has 2 aromatic carbocycles. The summed E-state index contributed by atoms with van der Waals surface area (Å²) in [6.07, 6.45) is 7.61. The van der Waals surface area contributed by atoms with Gasteiger partial charge < -0.3 is 14.6 Å². The summed E-state index contributed by atoms with van der Waals surface area (Å²) in [6, 6.07) is 12.2. The van der Waals surface area contributed by atoms with Gasteiger partial charge in [0.05, 0.1) is 12.7 Å². The van der Waals surface area contributed by atoms with Gasteiger partial charge in [0.1, 0.15) is 5.58 Å². The van der Waals surface area contributed by atoms with Crippen molar-refractivity contribution in [3.05, 3.63) is 70.5 Å². The molecule has 1 heterocycles. The number of carbonyl (C=O) groups is 2. The Hall–Kier alpha value is -3.08. The molecule has 0 radical (unpaired) electrons.